The minimum Gasteiger partial charge on any atom is -0.392 e. The third-order valence-electron chi connectivity index (χ3n) is 3.62. The highest BCUT2D eigenvalue weighted by molar-refractivity contribution is 7.80. The summed E-state index contributed by atoms with van der Waals surface area (Å²) in [5, 5.41) is 0. The molecule has 1 atom stereocenters. The molecule has 2 heterocycles. The van der Waals surface area contributed by atoms with Crippen molar-refractivity contribution in [1.82, 2.24) is 14.9 Å². The highest BCUT2D eigenvalue weighted by Crippen LogP contribution is 2.18. The summed E-state index contributed by atoms with van der Waals surface area (Å²) in [4.78, 5) is 14.1. The van der Waals surface area contributed by atoms with E-state index in [1.165, 1.54) is 0 Å². The molecule has 1 aromatic rings. The number of nitrogens with two attached hydrogens (primary N) is 1. The van der Waals surface area contributed by atoms with Gasteiger partial charge in [0.1, 0.15) is 5.82 Å². The van der Waals surface area contributed by atoms with E-state index in [2.05, 4.69) is 26.7 Å². The maximum atomic E-state index is 5.71. The highest BCUT2D eigenvalue weighted by Gasteiger charge is 2.24. The number of anilines is 1. The molecule has 0 aromatic carbocycles. The molecule has 2 rings (SSSR count). The van der Waals surface area contributed by atoms with E-state index in [-0.39, 0.29) is 6.04 Å². The first-order chi connectivity index (χ1) is 8.99. The summed E-state index contributed by atoms with van der Waals surface area (Å²) in [6.45, 7) is 9.82. The molecule has 1 unspecified atom stereocenters. The number of aromatic nitrogens is 2. The van der Waals surface area contributed by atoms with Gasteiger partial charge in [0.15, 0.2) is 0 Å². The molecule has 0 bridgehead atoms. The minimum atomic E-state index is 0.168. The van der Waals surface area contributed by atoms with E-state index in [0.29, 0.717) is 4.99 Å². The van der Waals surface area contributed by atoms with Crippen molar-refractivity contribution >= 4 is 23.0 Å². The monoisotopic (exact) mass is 279 g/mol. The second kappa shape index (κ2) is 5.79. The van der Waals surface area contributed by atoms with Crippen LogP contribution in [0.1, 0.15) is 18.3 Å². The van der Waals surface area contributed by atoms with E-state index in [0.717, 1.165) is 43.4 Å². The van der Waals surface area contributed by atoms with Gasteiger partial charge in [0.05, 0.1) is 22.4 Å². The molecule has 6 heteroatoms. The van der Waals surface area contributed by atoms with Gasteiger partial charge in [-0.05, 0) is 20.8 Å². The maximum absolute atomic E-state index is 5.71. The summed E-state index contributed by atoms with van der Waals surface area (Å²) < 4.78 is 0. The molecule has 19 heavy (non-hydrogen) atoms. The van der Waals surface area contributed by atoms with Crippen molar-refractivity contribution < 1.29 is 0 Å². The molecule has 1 aliphatic heterocycles. The van der Waals surface area contributed by atoms with Gasteiger partial charge in [-0.3, -0.25) is 9.88 Å². The fraction of sp³-hybridized carbons (Fsp3) is 0.615. The van der Waals surface area contributed by atoms with Gasteiger partial charge in [-0.15, -0.1) is 0 Å². The fourth-order valence-corrected chi connectivity index (χ4v) is 2.47. The summed E-state index contributed by atoms with van der Waals surface area (Å²) in [6, 6.07) is 0.168. The normalized spacial score (nSPS) is 18.4. The number of piperazine rings is 1. The lowest BCUT2D eigenvalue weighted by atomic mass is 10.2. The van der Waals surface area contributed by atoms with Crippen LogP contribution in [0.5, 0.6) is 0 Å². The van der Waals surface area contributed by atoms with Crippen molar-refractivity contribution in [2.45, 2.75) is 26.8 Å². The largest absolute Gasteiger partial charge is 0.392 e. The van der Waals surface area contributed by atoms with Crippen molar-refractivity contribution in [3.63, 3.8) is 0 Å². The Labute approximate surface area is 119 Å². The van der Waals surface area contributed by atoms with Gasteiger partial charge in [0.2, 0.25) is 0 Å². The standard InChI is InChI=1S/C13H21N5S/c1-9-8-15-10(2)13(16-9)18-6-4-17(5-7-18)11(3)12(14)19/h8,11H,4-7H2,1-3H3,(H2,14,19). The number of rotatable bonds is 3. The van der Waals surface area contributed by atoms with Crippen LogP contribution < -0.4 is 10.6 Å². The van der Waals surface area contributed by atoms with Gasteiger partial charge in [-0.1, -0.05) is 12.2 Å². The van der Waals surface area contributed by atoms with E-state index < -0.39 is 0 Å². The molecule has 1 aliphatic rings. The maximum Gasteiger partial charge on any atom is 0.150 e. The van der Waals surface area contributed by atoms with Gasteiger partial charge in [0.25, 0.3) is 0 Å². The number of hydrogen-bond acceptors (Lipinski definition) is 5. The highest BCUT2D eigenvalue weighted by atomic mass is 32.1. The molecule has 0 radical (unpaired) electrons. The Morgan fingerprint density at radius 2 is 1.95 bits per heavy atom. The van der Waals surface area contributed by atoms with Crippen molar-refractivity contribution in [1.29, 1.82) is 0 Å². The molecule has 5 nitrogen and oxygen atoms in total. The molecule has 0 aliphatic carbocycles. The van der Waals surface area contributed by atoms with Gasteiger partial charge >= 0.3 is 0 Å². The van der Waals surface area contributed by atoms with Crippen molar-refractivity contribution in [3.05, 3.63) is 17.6 Å². The van der Waals surface area contributed by atoms with Gasteiger partial charge in [-0.2, -0.15) is 0 Å². The second-order valence-electron chi connectivity index (χ2n) is 5.02. The summed E-state index contributed by atoms with van der Waals surface area (Å²) in [5.74, 6) is 1.00. The molecule has 0 saturated carbocycles. The van der Waals surface area contributed by atoms with Crippen LogP contribution in [0, 0.1) is 13.8 Å². The Balaban J connectivity index is 2.04. The van der Waals surface area contributed by atoms with E-state index in [1.54, 1.807) is 0 Å². The van der Waals surface area contributed by atoms with Crippen LogP contribution >= 0.6 is 12.2 Å². The Morgan fingerprint density at radius 3 is 2.53 bits per heavy atom. The lowest BCUT2D eigenvalue weighted by Crippen LogP contribution is -2.53. The first-order valence-corrected chi connectivity index (χ1v) is 6.98. The topological polar surface area (TPSA) is 58.3 Å². The van der Waals surface area contributed by atoms with Crippen molar-refractivity contribution in [2.24, 2.45) is 5.73 Å². The van der Waals surface area contributed by atoms with Crippen LogP contribution in [-0.2, 0) is 0 Å². The molecular weight excluding hydrogens is 258 g/mol. The zero-order chi connectivity index (χ0) is 14.0. The summed E-state index contributed by atoms with van der Waals surface area (Å²) in [7, 11) is 0. The van der Waals surface area contributed by atoms with Crippen LogP contribution in [0.4, 0.5) is 5.82 Å². The van der Waals surface area contributed by atoms with Crippen molar-refractivity contribution in [2.75, 3.05) is 31.1 Å². The first-order valence-electron chi connectivity index (χ1n) is 6.57. The van der Waals surface area contributed by atoms with Crippen molar-refractivity contribution in [3.8, 4) is 0 Å². The Morgan fingerprint density at radius 1 is 1.32 bits per heavy atom. The Hall–Kier alpha value is -1.27. The fourth-order valence-electron chi connectivity index (χ4n) is 2.33. The van der Waals surface area contributed by atoms with Crippen LogP contribution in [0.3, 0.4) is 0 Å². The zero-order valence-electron chi connectivity index (χ0n) is 11.8. The minimum absolute atomic E-state index is 0.168. The molecule has 2 N–H and O–H groups in total. The Kier molecular flexibility index (Phi) is 4.31. The zero-order valence-corrected chi connectivity index (χ0v) is 12.6. The van der Waals surface area contributed by atoms with Crippen LogP contribution in [0.15, 0.2) is 6.20 Å². The molecular formula is C13H21N5S. The first kappa shape index (κ1) is 14.1. The molecule has 0 spiro atoms. The average Bonchev–Trinajstić information content (AvgIpc) is 2.41. The van der Waals surface area contributed by atoms with Gasteiger partial charge in [0, 0.05) is 32.4 Å². The van der Waals surface area contributed by atoms with Crippen LogP contribution in [0.25, 0.3) is 0 Å². The predicted molar refractivity (Wildman–Crippen MR) is 81.5 cm³/mol. The molecule has 1 saturated heterocycles. The second-order valence-corrected chi connectivity index (χ2v) is 5.49. The molecule has 1 aromatic heterocycles. The smallest absolute Gasteiger partial charge is 0.150 e. The lowest BCUT2D eigenvalue weighted by molar-refractivity contribution is 0.238. The quantitative estimate of drug-likeness (QED) is 0.829. The summed E-state index contributed by atoms with van der Waals surface area (Å²) in [6.07, 6.45) is 1.81. The molecule has 1 fully saturated rings. The third-order valence-corrected chi connectivity index (χ3v) is 3.97. The van der Waals surface area contributed by atoms with Crippen LogP contribution in [-0.4, -0.2) is 52.1 Å². The molecule has 0 amide bonds. The number of aryl methyl sites for hydroxylation is 2. The van der Waals surface area contributed by atoms with Crippen LogP contribution in [0.2, 0.25) is 0 Å². The van der Waals surface area contributed by atoms with E-state index in [9.17, 15) is 0 Å². The lowest BCUT2D eigenvalue weighted by Gasteiger charge is -2.38. The third kappa shape index (κ3) is 3.19. The Bertz CT molecular complexity index is 468. The van der Waals surface area contributed by atoms with Gasteiger partial charge < -0.3 is 10.6 Å². The SMILES string of the molecule is Cc1cnc(C)c(N2CCN(C(C)C(N)=S)CC2)n1. The van der Waals surface area contributed by atoms with E-state index >= 15 is 0 Å². The summed E-state index contributed by atoms with van der Waals surface area (Å²) in [5.41, 5.74) is 7.66. The average molecular weight is 279 g/mol. The number of nitrogens with zero attached hydrogens (tertiary/aromatic N) is 4. The van der Waals surface area contributed by atoms with E-state index in [4.69, 9.17) is 18.0 Å². The van der Waals surface area contributed by atoms with E-state index in [1.807, 2.05) is 20.0 Å². The summed E-state index contributed by atoms with van der Waals surface area (Å²) >= 11 is 5.06. The number of hydrogen-bond donors (Lipinski definition) is 1. The predicted octanol–water partition coefficient (Wildman–Crippen LogP) is 0.890. The molecule has 104 valence electrons. The number of thiocarbonyl (C=S) groups is 1. The van der Waals surface area contributed by atoms with Gasteiger partial charge in [-0.25, -0.2) is 4.98 Å².